The number of rotatable bonds is 5. The van der Waals surface area contributed by atoms with Gasteiger partial charge in [-0.25, -0.2) is 0 Å². The van der Waals surface area contributed by atoms with Crippen LogP contribution in [0, 0.1) is 0 Å². The van der Waals surface area contributed by atoms with Crippen LogP contribution in [0.3, 0.4) is 0 Å². The van der Waals surface area contributed by atoms with Gasteiger partial charge in [0.2, 0.25) is 5.78 Å². The average molecular weight is 270 g/mol. The largest absolute Gasteiger partial charge is 0.489 e. The molecule has 0 saturated carbocycles. The van der Waals surface area contributed by atoms with Gasteiger partial charge in [-0.15, -0.1) is 0 Å². The van der Waals surface area contributed by atoms with Crippen molar-refractivity contribution in [3.05, 3.63) is 53.6 Å². The third kappa shape index (κ3) is 3.20. The van der Waals surface area contributed by atoms with Gasteiger partial charge < -0.3 is 4.74 Å². The third-order valence-corrected chi connectivity index (χ3v) is 2.83. The van der Waals surface area contributed by atoms with Gasteiger partial charge in [-0.1, -0.05) is 13.0 Å². The van der Waals surface area contributed by atoms with E-state index in [4.69, 9.17) is 4.74 Å². The number of pyridine rings is 2. The zero-order valence-corrected chi connectivity index (χ0v) is 12.0. The maximum Gasteiger partial charge on any atom is 0.213 e. The zero-order valence-electron chi connectivity index (χ0n) is 12.0. The highest BCUT2D eigenvalue weighted by Gasteiger charge is 2.15. The molecular weight excluding hydrogens is 252 g/mol. The second-order valence-electron chi connectivity index (χ2n) is 4.77. The molecule has 0 unspecified atom stereocenters. The minimum atomic E-state index is -0.121. The quantitative estimate of drug-likeness (QED) is 0.783. The van der Waals surface area contributed by atoms with Crippen molar-refractivity contribution < 1.29 is 9.53 Å². The lowest BCUT2D eigenvalue weighted by Crippen LogP contribution is -2.10. The molecule has 104 valence electrons. The summed E-state index contributed by atoms with van der Waals surface area (Å²) in [6.45, 7) is 5.87. The Morgan fingerprint density at radius 2 is 2.15 bits per heavy atom. The maximum atomic E-state index is 12.5. The Kier molecular flexibility index (Phi) is 4.45. The van der Waals surface area contributed by atoms with E-state index >= 15 is 0 Å². The molecule has 0 bridgehead atoms. The lowest BCUT2D eigenvalue weighted by molar-refractivity contribution is 0.103. The molecule has 0 amide bonds. The molecule has 2 heterocycles. The van der Waals surface area contributed by atoms with Crippen LogP contribution in [0.5, 0.6) is 5.75 Å². The molecule has 4 nitrogen and oxygen atoms in total. The van der Waals surface area contributed by atoms with Crippen LogP contribution in [0.15, 0.2) is 36.8 Å². The third-order valence-electron chi connectivity index (χ3n) is 2.83. The van der Waals surface area contributed by atoms with E-state index in [1.807, 2.05) is 32.9 Å². The van der Waals surface area contributed by atoms with E-state index in [0.717, 1.165) is 12.0 Å². The van der Waals surface area contributed by atoms with Crippen LogP contribution in [0.1, 0.15) is 42.4 Å². The first kappa shape index (κ1) is 14.2. The van der Waals surface area contributed by atoms with Gasteiger partial charge in [0.05, 0.1) is 12.3 Å². The normalized spacial score (nSPS) is 10.6. The number of ketones is 1. The molecule has 0 saturated heterocycles. The second kappa shape index (κ2) is 6.28. The first-order chi connectivity index (χ1) is 9.61. The van der Waals surface area contributed by atoms with Crippen molar-refractivity contribution in [1.29, 1.82) is 0 Å². The molecule has 4 heteroatoms. The molecule has 0 aliphatic rings. The molecule has 2 rings (SSSR count). The Bertz CT molecular complexity index is 609. The molecule has 0 radical (unpaired) electrons. The fourth-order valence-corrected chi connectivity index (χ4v) is 1.94. The topological polar surface area (TPSA) is 52.1 Å². The number of nitrogens with zero attached hydrogens (tertiary/aromatic N) is 2. The Morgan fingerprint density at radius 1 is 1.35 bits per heavy atom. The highest BCUT2D eigenvalue weighted by molar-refractivity contribution is 6.08. The van der Waals surface area contributed by atoms with Crippen molar-refractivity contribution in [3.63, 3.8) is 0 Å². The summed E-state index contributed by atoms with van der Waals surface area (Å²) in [4.78, 5) is 20.8. The van der Waals surface area contributed by atoms with Crippen LogP contribution in [0.25, 0.3) is 0 Å². The highest BCUT2D eigenvalue weighted by atomic mass is 16.5. The Balaban J connectivity index is 2.33. The number of hydrogen-bond acceptors (Lipinski definition) is 4. The van der Waals surface area contributed by atoms with Gasteiger partial charge >= 0.3 is 0 Å². The van der Waals surface area contributed by atoms with E-state index in [1.165, 1.54) is 0 Å². The monoisotopic (exact) mass is 270 g/mol. The SMILES string of the molecule is CCc1cccnc1C(=O)c1cncc(OC(C)C)c1. The predicted octanol–water partition coefficient (Wildman–Crippen LogP) is 3.06. The summed E-state index contributed by atoms with van der Waals surface area (Å²) < 4.78 is 5.56. The first-order valence-corrected chi connectivity index (χ1v) is 6.72. The van der Waals surface area contributed by atoms with Crippen LogP contribution in [0.4, 0.5) is 0 Å². The summed E-state index contributed by atoms with van der Waals surface area (Å²) >= 11 is 0. The zero-order chi connectivity index (χ0) is 14.5. The standard InChI is InChI=1S/C16H18N2O2/c1-4-12-6-5-7-18-15(12)16(19)13-8-14(10-17-9-13)20-11(2)3/h5-11H,4H2,1-3H3. The van der Waals surface area contributed by atoms with Crippen molar-refractivity contribution in [3.8, 4) is 5.75 Å². The highest BCUT2D eigenvalue weighted by Crippen LogP contribution is 2.17. The van der Waals surface area contributed by atoms with E-state index in [9.17, 15) is 4.79 Å². The molecule has 0 spiro atoms. The fourth-order valence-electron chi connectivity index (χ4n) is 1.94. The van der Waals surface area contributed by atoms with Crippen molar-refractivity contribution in [1.82, 2.24) is 9.97 Å². The first-order valence-electron chi connectivity index (χ1n) is 6.72. The second-order valence-corrected chi connectivity index (χ2v) is 4.77. The van der Waals surface area contributed by atoms with Gasteiger partial charge in [0.1, 0.15) is 11.4 Å². The molecule has 0 aromatic carbocycles. The van der Waals surface area contributed by atoms with E-state index < -0.39 is 0 Å². The van der Waals surface area contributed by atoms with Gasteiger partial charge in [0.15, 0.2) is 0 Å². The summed E-state index contributed by atoms with van der Waals surface area (Å²) in [5, 5.41) is 0. The lowest BCUT2D eigenvalue weighted by Gasteiger charge is -2.10. The summed E-state index contributed by atoms with van der Waals surface area (Å²) in [6, 6.07) is 5.47. The minimum absolute atomic E-state index is 0.0446. The number of carbonyl (C=O) groups excluding carboxylic acids is 1. The molecule has 2 aromatic rings. The molecule has 2 aromatic heterocycles. The van der Waals surface area contributed by atoms with E-state index in [0.29, 0.717) is 17.0 Å². The van der Waals surface area contributed by atoms with E-state index in [2.05, 4.69) is 9.97 Å². The van der Waals surface area contributed by atoms with Gasteiger partial charge in [-0.3, -0.25) is 14.8 Å². The van der Waals surface area contributed by atoms with Gasteiger partial charge in [0, 0.05) is 18.0 Å². The molecule has 20 heavy (non-hydrogen) atoms. The fraction of sp³-hybridized carbons (Fsp3) is 0.312. The van der Waals surface area contributed by atoms with Crippen molar-refractivity contribution in [2.45, 2.75) is 33.3 Å². The Labute approximate surface area is 118 Å². The van der Waals surface area contributed by atoms with E-state index in [1.54, 1.807) is 24.7 Å². The summed E-state index contributed by atoms with van der Waals surface area (Å²) in [7, 11) is 0. The molecular formula is C16H18N2O2. The smallest absolute Gasteiger partial charge is 0.213 e. The predicted molar refractivity (Wildman–Crippen MR) is 77.0 cm³/mol. The lowest BCUT2D eigenvalue weighted by atomic mass is 10.0. The Morgan fingerprint density at radius 3 is 2.85 bits per heavy atom. The van der Waals surface area contributed by atoms with E-state index in [-0.39, 0.29) is 11.9 Å². The summed E-state index contributed by atoms with van der Waals surface area (Å²) in [5.41, 5.74) is 1.92. The number of ether oxygens (including phenoxy) is 1. The van der Waals surface area contributed by atoms with Crippen LogP contribution in [-0.2, 0) is 6.42 Å². The summed E-state index contributed by atoms with van der Waals surface area (Å²) in [6.07, 6.45) is 5.60. The molecule has 0 aliphatic carbocycles. The average Bonchev–Trinajstić information content (AvgIpc) is 2.46. The van der Waals surface area contributed by atoms with Gasteiger partial charge in [-0.05, 0) is 38.0 Å². The van der Waals surface area contributed by atoms with Crippen LogP contribution in [-0.4, -0.2) is 21.9 Å². The van der Waals surface area contributed by atoms with Crippen molar-refractivity contribution in [2.75, 3.05) is 0 Å². The summed E-state index contributed by atoms with van der Waals surface area (Å²) in [5.74, 6) is 0.476. The van der Waals surface area contributed by atoms with Gasteiger partial charge in [0.25, 0.3) is 0 Å². The number of aromatic nitrogens is 2. The molecule has 0 atom stereocenters. The minimum Gasteiger partial charge on any atom is -0.489 e. The van der Waals surface area contributed by atoms with Crippen LogP contribution < -0.4 is 4.74 Å². The molecule has 0 aliphatic heterocycles. The molecule has 0 N–H and O–H groups in total. The number of aryl methyl sites for hydroxylation is 1. The van der Waals surface area contributed by atoms with Crippen molar-refractivity contribution in [2.24, 2.45) is 0 Å². The molecule has 0 fully saturated rings. The van der Waals surface area contributed by atoms with Crippen LogP contribution in [0.2, 0.25) is 0 Å². The maximum absolute atomic E-state index is 12.5. The number of carbonyl (C=O) groups is 1. The number of hydrogen-bond donors (Lipinski definition) is 0. The van der Waals surface area contributed by atoms with Gasteiger partial charge in [-0.2, -0.15) is 0 Å². The Hall–Kier alpha value is -2.23. The van der Waals surface area contributed by atoms with Crippen molar-refractivity contribution >= 4 is 5.78 Å². The van der Waals surface area contributed by atoms with Crippen LogP contribution >= 0.6 is 0 Å².